The second-order valence-corrected chi connectivity index (χ2v) is 7.51. The maximum absolute atomic E-state index is 12.6. The largest absolute Gasteiger partial charge is 0.399 e. The van der Waals surface area contributed by atoms with Crippen LogP contribution in [0.1, 0.15) is 31.7 Å². The molecule has 0 spiro atoms. The van der Waals surface area contributed by atoms with Crippen LogP contribution in [0.25, 0.3) is 0 Å². The number of anilines is 1. The number of amides is 2. The summed E-state index contributed by atoms with van der Waals surface area (Å²) in [6.07, 6.45) is 3.85. The van der Waals surface area contributed by atoms with Crippen LogP contribution in [-0.2, 0) is 16.0 Å². The van der Waals surface area contributed by atoms with Crippen LogP contribution >= 0.6 is 24.8 Å². The van der Waals surface area contributed by atoms with Gasteiger partial charge in [-0.1, -0.05) is 12.1 Å². The molecule has 0 saturated carbocycles. The molecule has 2 saturated heterocycles. The number of piperazine rings is 1. The first-order valence-corrected chi connectivity index (χ1v) is 9.67. The lowest BCUT2D eigenvalue weighted by molar-refractivity contribution is -0.137. The number of carbonyl (C=O) groups is 2. The molecular weight excluding hydrogens is 399 g/mol. The van der Waals surface area contributed by atoms with Gasteiger partial charge in [-0.05, 0) is 43.9 Å². The molecule has 1 unspecified atom stereocenters. The van der Waals surface area contributed by atoms with E-state index in [0.717, 1.165) is 38.0 Å². The van der Waals surface area contributed by atoms with Crippen LogP contribution in [0, 0.1) is 0 Å². The van der Waals surface area contributed by atoms with E-state index in [4.69, 9.17) is 5.73 Å². The number of carbonyl (C=O) groups excluding carboxylic acids is 2. The monoisotopic (exact) mass is 430 g/mol. The number of benzene rings is 1. The summed E-state index contributed by atoms with van der Waals surface area (Å²) < 4.78 is 0. The van der Waals surface area contributed by atoms with Crippen molar-refractivity contribution >= 4 is 42.3 Å². The molecule has 2 aliphatic heterocycles. The molecule has 3 rings (SSSR count). The predicted octanol–water partition coefficient (Wildman–Crippen LogP) is 2.20. The van der Waals surface area contributed by atoms with Crippen LogP contribution in [0.2, 0.25) is 0 Å². The normalized spacial score (nSPS) is 20.1. The summed E-state index contributed by atoms with van der Waals surface area (Å²) >= 11 is 0. The zero-order chi connectivity index (χ0) is 18.5. The number of piperidine rings is 1. The minimum Gasteiger partial charge on any atom is -0.399 e. The van der Waals surface area contributed by atoms with Crippen molar-refractivity contribution in [3.8, 4) is 0 Å². The summed E-state index contributed by atoms with van der Waals surface area (Å²) in [5.41, 5.74) is 7.38. The van der Waals surface area contributed by atoms with Gasteiger partial charge in [0.1, 0.15) is 0 Å². The lowest BCUT2D eigenvalue weighted by Crippen LogP contribution is -2.53. The van der Waals surface area contributed by atoms with Gasteiger partial charge in [-0.2, -0.15) is 0 Å². The molecule has 2 heterocycles. The standard InChI is InChI=1S/C20H30N4O2.2ClH/c1-16-4-2-3-9-24(16)20(26)15-22-10-12-23(13-11-22)19(25)14-17-5-7-18(21)8-6-17;;/h5-8,16H,2-4,9-15,21H2,1H3;2*1H. The molecule has 8 heteroatoms. The first kappa shape index (κ1) is 24.5. The molecule has 158 valence electrons. The van der Waals surface area contributed by atoms with E-state index in [1.54, 1.807) is 0 Å². The van der Waals surface area contributed by atoms with Gasteiger partial charge in [0.2, 0.25) is 11.8 Å². The molecule has 6 nitrogen and oxygen atoms in total. The van der Waals surface area contributed by atoms with Crippen molar-refractivity contribution in [1.29, 1.82) is 0 Å². The minimum absolute atomic E-state index is 0. The number of hydrogen-bond acceptors (Lipinski definition) is 4. The number of likely N-dealkylation sites (tertiary alicyclic amines) is 1. The SMILES string of the molecule is CC1CCCCN1C(=O)CN1CCN(C(=O)Cc2ccc(N)cc2)CC1.Cl.Cl. The van der Waals surface area contributed by atoms with E-state index in [1.165, 1.54) is 6.42 Å². The van der Waals surface area contributed by atoms with E-state index in [-0.39, 0.29) is 36.6 Å². The van der Waals surface area contributed by atoms with Crippen LogP contribution in [0.4, 0.5) is 5.69 Å². The van der Waals surface area contributed by atoms with Crippen molar-refractivity contribution in [3.63, 3.8) is 0 Å². The molecule has 1 aromatic carbocycles. The minimum atomic E-state index is 0. The fourth-order valence-electron chi connectivity index (χ4n) is 3.83. The van der Waals surface area contributed by atoms with Crippen molar-refractivity contribution in [2.75, 3.05) is 45.0 Å². The quantitative estimate of drug-likeness (QED) is 0.743. The van der Waals surface area contributed by atoms with Crippen molar-refractivity contribution in [1.82, 2.24) is 14.7 Å². The van der Waals surface area contributed by atoms with Crippen LogP contribution in [0.5, 0.6) is 0 Å². The topological polar surface area (TPSA) is 69.9 Å². The fourth-order valence-corrected chi connectivity index (χ4v) is 3.83. The Labute approximate surface area is 180 Å². The van der Waals surface area contributed by atoms with E-state index in [1.807, 2.05) is 34.1 Å². The van der Waals surface area contributed by atoms with Gasteiger partial charge in [-0.25, -0.2) is 0 Å². The predicted molar refractivity (Wildman–Crippen MR) is 117 cm³/mol. The van der Waals surface area contributed by atoms with Gasteiger partial charge in [0.05, 0.1) is 13.0 Å². The molecule has 0 bridgehead atoms. The molecular formula is C20H32Cl2N4O2. The maximum atomic E-state index is 12.6. The Hall–Kier alpha value is -1.50. The van der Waals surface area contributed by atoms with Gasteiger partial charge in [0, 0.05) is 44.5 Å². The molecule has 2 aliphatic rings. The third-order valence-corrected chi connectivity index (χ3v) is 5.54. The Kier molecular flexibility index (Phi) is 10.1. The Morgan fingerprint density at radius 2 is 1.61 bits per heavy atom. The van der Waals surface area contributed by atoms with Crippen molar-refractivity contribution in [2.24, 2.45) is 0 Å². The summed E-state index contributed by atoms with van der Waals surface area (Å²) in [7, 11) is 0. The van der Waals surface area contributed by atoms with Crippen LogP contribution in [0.15, 0.2) is 24.3 Å². The summed E-state index contributed by atoms with van der Waals surface area (Å²) in [5.74, 6) is 0.379. The van der Waals surface area contributed by atoms with E-state index in [2.05, 4.69) is 11.8 Å². The summed E-state index contributed by atoms with van der Waals surface area (Å²) in [6.45, 7) is 6.42. The van der Waals surface area contributed by atoms with E-state index < -0.39 is 0 Å². The summed E-state index contributed by atoms with van der Waals surface area (Å²) in [6, 6.07) is 7.82. The number of hydrogen-bond donors (Lipinski definition) is 1. The lowest BCUT2D eigenvalue weighted by atomic mass is 10.0. The first-order chi connectivity index (χ1) is 12.5. The highest BCUT2D eigenvalue weighted by molar-refractivity contribution is 5.85. The van der Waals surface area contributed by atoms with Gasteiger partial charge in [0.25, 0.3) is 0 Å². The van der Waals surface area contributed by atoms with Crippen LogP contribution in [0.3, 0.4) is 0 Å². The number of rotatable bonds is 4. The van der Waals surface area contributed by atoms with Crippen molar-refractivity contribution in [2.45, 2.75) is 38.6 Å². The zero-order valence-corrected chi connectivity index (χ0v) is 18.1. The fraction of sp³-hybridized carbons (Fsp3) is 0.600. The molecule has 2 amide bonds. The number of nitrogens with zero attached hydrogens (tertiary/aromatic N) is 3. The average molecular weight is 431 g/mol. The molecule has 1 aromatic rings. The third kappa shape index (κ3) is 6.54. The van der Waals surface area contributed by atoms with Crippen molar-refractivity contribution < 1.29 is 9.59 Å². The molecule has 2 N–H and O–H groups in total. The molecule has 0 aromatic heterocycles. The third-order valence-electron chi connectivity index (χ3n) is 5.54. The number of halogens is 2. The number of nitrogens with two attached hydrogens (primary N) is 1. The van der Waals surface area contributed by atoms with E-state index in [9.17, 15) is 9.59 Å². The Bertz CT molecular complexity index is 634. The Morgan fingerprint density at radius 3 is 2.21 bits per heavy atom. The van der Waals surface area contributed by atoms with Gasteiger partial charge in [-0.15, -0.1) is 24.8 Å². The van der Waals surface area contributed by atoms with Crippen LogP contribution < -0.4 is 5.73 Å². The first-order valence-electron chi connectivity index (χ1n) is 9.67. The van der Waals surface area contributed by atoms with E-state index in [0.29, 0.717) is 37.8 Å². The zero-order valence-electron chi connectivity index (χ0n) is 16.5. The van der Waals surface area contributed by atoms with Gasteiger partial charge < -0.3 is 15.5 Å². The Morgan fingerprint density at radius 1 is 0.964 bits per heavy atom. The smallest absolute Gasteiger partial charge is 0.236 e. The second-order valence-electron chi connectivity index (χ2n) is 7.51. The molecule has 28 heavy (non-hydrogen) atoms. The molecule has 0 radical (unpaired) electrons. The van der Waals surface area contributed by atoms with E-state index >= 15 is 0 Å². The van der Waals surface area contributed by atoms with Crippen molar-refractivity contribution in [3.05, 3.63) is 29.8 Å². The molecule has 2 fully saturated rings. The maximum Gasteiger partial charge on any atom is 0.236 e. The highest BCUT2D eigenvalue weighted by atomic mass is 35.5. The summed E-state index contributed by atoms with van der Waals surface area (Å²) in [4.78, 5) is 31.1. The van der Waals surface area contributed by atoms with Crippen LogP contribution in [-0.4, -0.2) is 71.8 Å². The Balaban J connectivity index is 0.00000196. The summed E-state index contributed by atoms with van der Waals surface area (Å²) in [5, 5.41) is 0. The number of nitrogen functional groups attached to an aromatic ring is 1. The lowest BCUT2D eigenvalue weighted by Gasteiger charge is -2.38. The average Bonchev–Trinajstić information content (AvgIpc) is 2.64. The molecule has 1 atom stereocenters. The van der Waals surface area contributed by atoms with Gasteiger partial charge in [0.15, 0.2) is 0 Å². The second kappa shape index (κ2) is 11.5. The molecule has 0 aliphatic carbocycles. The highest BCUT2D eigenvalue weighted by Gasteiger charge is 2.27. The van der Waals surface area contributed by atoms with Gasteiger partial charge in [-0.3, -0.25) is 14.5 Å². The highest BCUT2D eigenvalue weighted by Crippen LogP contribution is 2.17. The van der Waals surface area contributed by atoms with Gasteiger partial charge >= 0.3 is 0 Å².